The van der Waals surface area contributed by atoms with Crippen LogP contribution < -0.4 is 15.6 Å². The zero-order valence-electron chi connectivity index (χ0n) is 21.1. The van der Waals surface area contributed by atoms with Crippen LogP contribution in [0.2, 0.25) is 0 Å². The van der Waals surface area contributed by atoms with E-state index < -0.39 is 17.2 Å². The number of benzene rings is 1. The third-order valence-electron chi connectivity index (χ3n) is 5.49. The molecule has 0 aliphatic carbocycles. The number of aromatic nitrogens is 5. The van der Waals surface area contributed by atoms with E-state index in [-0.39, 0.29) is 53.3 Å². The molecule has 4 rings (SSSR count). The van der Waals surface area contributed by atoms with Crippen molar-refractivity contribution in [3.05, 3.63) is 82.8 Å². The minimum Gasteiger partial charge on any atom is -0.434 e. The number of halogens is 2. The number of fused-ring (bicyclic) bond motifs is 1. The van der Waals surface area contributed by atoms with E-state index in [1.165, 1.54) is 34.1 Å². The average molecular weight is 538 g/mol. The van der Waals surface area contributed by atoms with Crippen molar-refractivity contribution in [1.29, 1.82) is 0 Å². The van der Waals surface area contributed by atoms with Gasteiger partial charge in [-0.3, -0.25) is 14.4 Å². The second-order valence-electron chi connectivity index (χ2n) is 8.67. The van der Waals surface area contributed by atoms with Crippen molar-refractivity contribution < 1.29 is 23.1 Å². The van der Waals surface area contributed by atoms with Crippen molar-refractivity contribution in [3.8, 4) is 11.6 Å². The fourth-order valence-corrected chi connectivity index (χ4v) is 3.51. The second-order valence-corrected chi connectivity index (χ2v) is 8.67. The summed E-state index contributed by atoms with van der Waals surface area (Å²) < 4.78 is 34.1. The number of ether oxygens (including phenoxy) is 1. The van der Waals surface area contributed by atoms with Gasteiger partial charge in [0, 0.05) is 32.8 Å². The molecule has 0 aliphatic rings. The van der Waals surface area contributed by atoms with Crippen molar-refractivity contribution >= 4 is 28.7 Å². The van der Waals surface area contributed by atoms with E-state index in [4.69, 9.17) is 4.74 Å². The number of imidazole rings is 1. The highest BCUT2D eigenvalue weighted by molar-refractivity contribution is 5.90. The first kappa shape index (κ1) is 27.1. The largest absolute Gasteiger partial charge is 0.434 e. The monoisotopic (exact) mass is 537 g/mol. The summed E-state index contributed by atoms with van der Waals surface area (Å²) >= 11 is 0. The molecule has 202 valence electrons. The highest BCUT2D eigenvalue weighted by Crippen LogP contribution is 2.27. The first-order chi connectivity index (χ1) is 18.7. The number of carbonyl (C=O) groups excluding carboxylic acids is 2. The lowest BCUT2D eigenvalue weighted by Gasteiger charge is -2.08. The van der Waals surface area contributed by atoms with E-state index in [9.17, 15) is 23.2 Å². The Labute approximate surface area is 221 Å². The third kappa shape index (κ3) is 6.89. The molecule has 0 unspecified atom stereocenters. The number of carbonyl (C=O) groups is 2. The van der Waals surface area contributed by atoms with Crippen molar-refractivity contribution in [2.75, 3.05) is 19.4 Å². The summed E-state index contributed by atoms with van der Waals surface area (Å²) in [4.78, 5) is 53.7. The predicted molar refractivity (Wildman–Crippen MR) is 138 cm³/mol. The Morgan fingerprint density at radius 1 is 1.21 bits per heavy atom. The van der Waals surface area contributed by atoms with E-state index in [1.54, 1.807) is 26.2 Å². The van der Waals surface area contributed by atoms with E-state index in [0.717, 1.165) is 12.1 Å². The van der Waals surface area contributed by atoms with E-state index in [1.807, 2.05) is 0 Å². The molecule has 13 heteroatoms. The number of anilines is 1. The summed E-state index contributed by atoms with van der Waals surface area (Å²) in [5.74, 6) is -2.07. The molecule has 0 saturated carbocycles. The van der Waals surface area contributed by atoms with Crippen LogP contribution in [0.3, 0.4) is 0 Å². The molecule has 3 aromatic heterocycles. The third-order valence-corrected chi connectivity index (χ3v) is 5.49. The Bertz CT molecular complexity index is 1600. The number of hydrogen-bond donors (Lipinski definition) is 2. The molecule has 0 bridgehead atoms. The van der Waals surface area contributed by atoms with E-state index in [2.05, 4.69) is 25.3 Å². The van der Waals surface area contributed by atoms with Gasteiger partial charge < -0.3 is 24.5 Å². The predicted octanol–water partition coefficient (Wildman–Crippen LogP) is 3.39. The highest BCUT2D eigenvalue weighted by atomic mass is 19.1. The standard InChI is InChI=1S/C26H25F2N7O4/c1-34(2)22(37)9-5-3-4-8-21(36)31-18-7-6-12-35(26(18)38)14-20-32-23-24(33-20)29-15-30-25(23)39-19-11-10-16(27)13-17(19)28/h5-7,9-13,15H,3-4,8,14H2,1-2H3,(H,31,36)(H,29,30,32,33)/b9-5+. The molecule has 2 N–H and O–H groups in total. The van der Waals surface area contributed by atoms with Gasteiger partial charge in [0.15, 0.2) is 22.7 Å². The summed E-state index contributed by atoms with van der Waals surface area (Å²) in [6, 6.07) is 5.99. The van der Waals surface area contributed by atoms with Crippen LogP contribution in [0.4, 0.5) is 14.5 Å². The van der Waals surface area contributed by atoms with E-state index in [0.29, 0.717) is 24.7 Å². The van der Waals surface area contributed by atoms with Crippen LogP contribution in [-0.2, 0) is 16.1 Å². The van der Waals surface area contributed by atoms with Gasteiger partial charge in [-0.1, -0.05) is 6.08 Å². The zero-order valence-corrected chi connectivity index (χ0v) is 21.1. The van der Waals surface area contributed by atoms with Gasteiger partial charge in [-0.15, -0.1) is 0 Å². The molecule has 39 heavy (non-hydrogen) atoms. The SMILES string of the molecule is CN(C)C(=O)/C=C/CCCC(=O)Nc1cccn(Cc2nc3c(Oc4ccc(F)cc4F)ncnc3[nH]2)c1=O. The molecule has 0 saturated heterocycles. The number of rotatable bonds is 10. The number of nitrogens with one attached hydrogen (secondary N) is 2. The molecule has 0 radical (unpaired) electrons. The smallest absolute Gasteiger partial charge is 0.274 e. The summed E-state index contributed by atoms with van der Waals surface area (Å²) in [5.41, 5.74) is 0.137. The van der Waals surface area contributed by atoms with Crippen LogP contribution in [0.1, 0.15) is 25.1 Å². The molecule has 4 aromatic rings. The van der Waals surface area contributed by atoms with Crippen LogP contribution in [0.5, 0.6) is 11.6 Å². The maximum atomic E-state index is 14.0. The van der Waals surface area contributed by atoms with Crippen LogP contribution in [0.15, 0.2) is 59.8 Å². The molecule has 11 nitrogen and oxygen atoms in total. The average Bonchev–Trinajstić information content (AvgIpc) is 3.31. The molecule has 3 heterocycles. The Balaban J connectivity index is 1.42. The van der Waals surface area contributed by atoms with Gasteiger partial charge in [-0.05, 0) is 43.2 Å². The van der Waals surface area contributed by atoms with Gasteiger partial charge >= 0.3 is 0 Å². The van der Waals surface area contributed by atoms with Crippen molar-refractivity contribution in [3.63, 3.8) is 0 Å². The van der Waals surface area contributed by atoms with Crippen molar-refractivity contribution in [1.82, 2.24) is 29.4 Å². The maximum absolute atomic E-state index is 14.0. The first-order valence-electron chi connectivity index (χ1n) is 11.9. The normalized spacial score (nSPS) is 11.2. The van der Waals surface area contributed by atoms with Gasteiger partial charge in [0.2, 0.25) is 11.8 Å². The Morgan fingerprint density at radius 3 is 2.79 bits per heavy atom. The fourth-order valence-electron chi connectivity index (χ4n) is 3.51. The van der Waals surface area contributed by atoms with Crippen LogP contribution in [0, 0.1) is 11.6 Å². The molecular weight excluding hydrogens is 512 g/mol. The molecule has 2 amide bonds. The number of unbranched alkanes of at least 4 members (excludes halogenated alkanes) is 1. The Morgan fingerprint density at radius 2 is 2.03 bits per heavy atom. The van der Waals surface area contributed by atoms with Crippen molar-refractivity contribution in [2.24, 2.45) is 0 Å². The quantitative estimate of drug-likeness (QED) is 0.234. The number of aromatic amines is 1. The van der Waals surface area contributed by atoms with Gasteiger partial charge in [0.05, 0.1) is 6.54 Å². The van der Waals surface area contributed by atoms with Gasteiger partial charge in [-0.2, -0.15) is 4.98 Å². The highest BCUT2D eigenvalue weighted by Gasteiger charge is 2.15. The van der Waals surface area contributed by atoms with Crippen LogP contribution in [0.25, 0.3) is 11.2 Å². The van der Waals surface area contributed by atoms with Crippen LogP contribution in [-0.4, -0.2) is 55.3 Å². The molecular formula is C26H25F2N7O4. The molecule has 0 aliphatic heterocycles. The lowest BCUT2D eigenvalue weighted by molar-refractivity contribution is -0.123. The minimum absolute atomic E-state index is 0.00789. The van der Waals surface area contributed by atoms with Gasteiger partial charge in [-0.25, -0.2) is 18.7 Å². The number of hydrogen-bond acceptors (Lipinski definition) is 7. The zero-order chi connectivity index (χ0) is 27.9. The summed E-state index contributed by atoms with van der Waals surface area (Å²) in [6.07, 6.45) is 7.11. The van der Waals surface area contributed by atoms with Gasteiger partial charge in [0.1, 0.15) is 23.7 Å². The molecule has 0 spiro atoms. The molecule has 0 atom stereocenters. The molecule has 0 fully saturated rings. The number of H-pyrrole nitrogens is 1. The first-order valence-corrected chi connectivity index (χ1v) is 11.9. The van der Waals surface area contributed by atoms with E-state index >= 15 is 0 Å². The van der Waals surface area contributed by atoms with Crippen molar-refractivity contribution in [2.45, 2.75) is 25.8 Å². The molecule has 1 aromatic carbocycles. The number of nitrogens with zero attached hydrogens (tertiary/aromatic N) is 5. The lowest BCUT2D eigenvalue weighted by Crippen LogP contribution is -2.26. The lowest BCUT2D eigenvalue weighted by atomic mass is 10.2. The summed E-state index contributed by atoms with van der Waals surface area (Å²) in [6.45, 7) is 0.00789. The second kappa shape index (κ2) is 12.1. The minimum atomic E-state index is -0.904. The number of amides is 2. The van der Waals surface area contributed by atoms with Gasteiger partial charge in [0.25, 0.3) is 11.4 Å². The fraction of sp³-hybridized carbons (Fsp3) is 0.231. The maximum Gasteiger partial charge on any atom is 0.274 e. The Hall–Kier alpha value is -4.94. The topological polar surface area (TPSA) is 135 Å². The number of pyridine rings is 1. The summed E-state index contributed by atoms with van der Waals surface area (Å²) in [5, 5.41) is 2.62. The summed E-state index contributed by atoms with van der Waals surface area (Å²) in [7, 11) is 3.30. The number of likely N-dealkylation sites (N-methyl/N-ethyl adjacent to an activating group) is 1. The van der Waals surface area contributed by atoms with Crippen LogP contribution >= 0.6 is 0 Å². The number of allylic oxidation sites excluding steroid dienone is 1. The Kier molecular flexibility index (Phi) is 8.39.